The van der Waals surface area contributed by atoms with Crippen LogP contribution < -0.4 is 14.8 Å². The van der Waals surface area contributed by atoms with Crippen LogP contribution >= 0.6 is 34.2 Å². The summed E-state index contributed by atoms with van der Waals surface area (Å²) in [6.07, 6.45) is 0.451. The summed E-state index contributed by atoms with van der Waals surface area (Å²) in [4.78, 5) is 12.2. The van der Waals surface area contributed by atoms with Crippen molar-refractivity contribution in [3.05, 3.63) is 56.1 Å². The fourth-order valence-electron chi connectivity index (χ4n) is 2.15. The average Bonchev–Trinajstić information content (AvgIpc) is 2.56. The second-order valence-corrected chi connectivity index (χ2v) is 6.59. The molecule has 1 amide bonds. The molecule has 2 aromatic carbocycles. The van der Waals surface area contributed by atoms with Crippen molar-refractivity contribution in [2.45, 2.75) is 13.0 Å². The molecule has 0 radical (unpaired) electrons. The van der Waals surface area contributed by atoms with Crippen LogP contribution in [-0.4, -0.2) is 26.2 Å². The first-order valence-electron chi connectivity index (χ1n) is 7.25. The Labute approximate surface area is 162 Å². The number of methoxy groups -OCH3 is 1. The fourth-order valence-corrected chi connectivity index (χ4v) is 2.90. The van der Waals surface area contributed by atoms with Gasteiger partial charge in [0.05, 0.1) is 12.7 Å². The van der Waals surface area contributed by atoms with Gasteiger partial charge in [-0.25, -0.2) is 0 Å². The summed E-state index contributed by atoms with van der Waals surface area (Å²) in [7, 11) is 1.38. The molecule has 0 aliphatic heterocycles. The topological polar surface area (TPSA) is 47.6 Å². The quantitative estimate of drug-likeness (QED) is 0.591. The van der Waals surface area contributed by atoms with Crippen molar-refractivity contribution in [3.63, 3.8) is 0 Å². The van der Waals surface area contributed by atoms with E-state index in [9.17, 15) is 13.6 Å². The van der Waals surface area contributed by atoms with Gasteiger partial charge in [-0.1, -0.05) is 17.7 Å². The van der Waals surface area contributed by atoms with Crippen LogP contribution in [0.5, 0.6) is 11.5 Å². The lowest BCUT2D eigenvalue weighted by Crippen LogP contribution is -2.26. The molecule has 0 saturated heterocycles. The zero-order valence-corrected chi connectivity index (χ0v) is 16.1. The maximum atomic E-state index is 12.4. The van der Waals surface area contributed by atoms with Gasteiger partial charge in [0.15, 0.2) is 11.5 Å². The summed E-state index contributed by atoms with van der Waals surface area (Å²) in [6.45, 7) is -2.60. The smallest absolute Gasteiger partial charge is 0.387 e. The number of carbonyl (C=O) groups is 1. The van der Waals surface area contributed by atoms with E-state index in [1.165, 1.54) is 13.2 Å². The molecule has 0 aromatic heterocycles. The first-order chi connectivity index (χ1) is 11.9. The van der Waals surface area contributed by atoms with Gasteiger partial charge in [-0.2, -0.15) is 8.78 Å². The van der Waals surface area contributed by atoms with Crippen LogP contribution in [0.25, 0.3) is 0 Å². The van der Waals surface area contributed by atoms with Gasteiger partial charge in [-0.15, -0.1) is 0 Å². The van der Waals surface area contributed by atoms with Crippen molar-refractivity contribution in [1.29, 1.82) is 0 Å². The number of alkyl halides is 2. The Balaban J connectivity index is 1.99. The average molecular weight is 482 g/mol. The van der Waals surface area contributed by atoms with Gasteiger partial charge in [0.1, 0.15) is 0 Å². The molecule has 0 atom stereocenters. The molecule has 0 aliphatic carbocycles. The molecule has 0 unspecified atom stereocenters. The van der Waals surface area contributed by atoms with Gasteiger partial charge in [0, 0.05) is 15.1 Å². The summed E-state index contributed by atoms with van der Waals surface area (Å²) in [5, 5.41) is 3.26. The fraction of sp³-hybridized carbons (Fsp3) is 0.235. The molecule has 8 heteroatoms. The summed E-state index contributed by atoms with van der Waals surface area (Å²) in [5.74, 6) is -0.0586. The highest BCUT2D eigenvalue weighted by atomic mass is 127. The third-order valence-corrected chi connectivity index (χ3v) is 4.49. The van der Waals surface area contributed by atoms with E-state index in [1.54, 1.807) is 30.3 Å². The number of halogens is 4. The summed E-state index contributed by atoms with van der Waals surface area (Å²) >= 11 is 7.97. The van der Waals surface area contributed by atoms with Crippen molar-refractivity contribution >= 4 is 40.1 Å². The molecule has 2 rings (SSSR count). The highest BCUT2D eigenvalue weighted by Gasteiger charge is 2.13. The van der Waals surface area contributed by atoms with Gasteiger partial charge in [0.25, 0.3) is 5.91 Å². The van der Waals surface area contributed by atoms with E-state index < -0.39 is 6.61 Å². The minimum atomic E-state index is -2.94. The zero-order chi connectivity index (χ0) is 18.4. The van der Waals surface area contributed by atoms with Crippen LogP contribution in [0, 0.1) is 3.57 Å². The maximum Gasteiger partial charge on any atom is 0.387 e. The van der Waals surface area contributed by atoms with Crippen LogP contribution in [-0.2, 0) is 6.42 Å². The molecule has 0 heterocycles. The molecule has 0 aliphatic rings. The Bertz CT molecular complexity index is 759. The molecule has 0 spiro atoms. The van der Waals surface area contributed by atoms with Crippen molar-refractivity contribution in [2.24, 2.45) is 0 Å². The molecular formula is C17H15ClF2INO3. The SMILES string of the molecule is COc1ccc(CCNC(=O)c2cc(Cl)ccc2I)cc1OC(F)F. The van der Waals surface area contributed by atoms with Gasteiger partial charge in [0.2, 0.25) is 0 Å². The number of carbonyl (C=O) groups excluding carboxylic acids is 1. The third kappa shape index (κ3) is 5.71. The number of hydrogen-bond acceptors (Lipinski definition) is 3. The van der Waals surface area contributed by atoms with Crippen LogP contribution in [0.4, 0.5) is 8.78 Å². The molecule has 134 valence electrons. The third-order valence-electron chi connectivity index (χ3n) is 3.32. The maximum absolute atomic E-state index is 12.4. The van der Waals surface area contributed by atoms with Gasteiger partial charge < -0.3 is 14.8 Å². The second kappa shape index (κ2) is 9.19. The van der Waals surface area contributed by atoms with E-state index in [1.807, 2.05) is 0 Å². The van der Waals surface area contributed by atoms with E-state index >= 15 is 0 Å². The number of rotatable bonds is 7. The Kier molecular flexibility index (Phi) is 7.24. The predicted octanol–water partition coefficient (Wildman–Crippen LogP) is 4.53. The van der Waals surface area contributed by atoms with Crippen molar-refractivity contribution in [2.75, 3.05) is 13.7 Å². The van der Waals surface area contributed by atoms with E-state index in [0.717, 1.165) is 9.13 Å². The molecule has 1 N–H and O–H groups in total. The number of nitrogens with one attached hydrogen (secondary N) is 1. The normalized spacial score (nSPS) is 10.6. The van der Waals surface area contributed by atoms with Crippen molar-refractivity contribution in [3.8, 4) is 11.5 Å². The van der Waals surface area contributed by atoms with Crippen LogP contribution in [0.2, 0.25) is 5.02 Å². The molecule has 2 aromatic rings. The minimum Gasteiger partial charge on any atom is -0.493 e. The van der Waals surface area contributed by atoms with Crippen molar-refractivity contribution < 1.29 is 23.0 Å². The molecule has 0 fully saturated rings. The van der Waals surface area contributed by atoms with Gasteiger partial charge >= 0.3 is 6.61 Å². The highest BCUT2D eigenvalue weighted by Crippen LogP contribution is 2.29. The van der Waals surface area contributed by atoms with Gasteiger partial charge in [-0.3, -0.25) is 4.79 Å². The summed E-state index contributed by atoms with van der Waals surface area (Å²) in [6, 6.07) is 9.82. The largest absolute Gasteiger partial charge is 0.493 e. The summed E-state index contributed by atoms with van der Waals surface area (Å²) < 4.78 is 35.1. The van der Waals surface area contributed by atoms with E-state index in [4.69, 9.17) is 16.3 Å². The molecular weight excluding hydrogens is 467 g/mol. The first-order valence-corrected chi connectivity index (χ1v) is 8.71. The molecule has 0 bridgehead atoms. The van der Waals surface area contributed by atoms with Gasteiger partial charge in [-0.05, 0) is 64.9 Å². The van der Waals surface area contributed by atoms with Crippen LogP contribution in [0.3, 0.4) is 0 Å². The zero-order valence-electron chi connectivity index (χ0n) is 13.2. The summed E-state index contributed by atoms with van der Waals surface area (Å²) in [5.41, 5.74) is 1.22. The van der Waals surface area contributed by atoms with Crippen molar-refractivity contribution in [1.82, 2.24) is 5.32 Å². The first kappa shape index (κ1) is 19.7. The standard InChI is InChI=1S/C17H15ClF2INO3/c1-24-14-5-2-10(8-15(14)25-17(19)20)6-7-22-16(23)12-9-11(18)3-4-13(12)21/h2-5,8-9,17H,6-7H2,1H3,(H,22,23). The highest BCUT2D eigenvalue weighted by molar-refractivity contribution is 14.1. The predicted molar refractivity (Wildman–Crippen MR) is 99.8 cm³/mol. The number of hydrogen-bond donors (Lipinski definition) is 1. The van der Waals surface area contributed by atoms with E-state index in [-0.39, 0.29) is 17.4 Å². The van der Waals surface area contributed by atoms with Crippen LogP contribution in [0.1, 0.15) is 15.9 Å². The Morgan fingerprint density at radius 2 is 2.00 bits per heavy atom. The van der Waals surface area contributed by atoms with E-state index in [2.05, 4.69) is 32.6 Å². The van der Waals surface area contributed by atoms with Crippen LogP contribution in [0.15, 0.2) is 36.4 Å². The Morgan fingerprint density at radius 1 is 1.24 bits per heavy atom. The second-order valence-electron chi connectivity index (χ2n) is 4.99. The molecule has 0 saturated carbocycles. The monoisotopic (exact) mass is 481 g/mol. The Morgan fingerprint density at radius 3 is 2.68 bits per heavy atom. The molecule has 4 nitrogen and oxygen atoms in total. The number of ether oxygens (including phenoxy) is 2. The molecule has 25 heavy (non-hydrogen) atoms. The lowest BCUT2D eigenvalue weighted by atomic mass is 10.1. The number of benzene rings is 2. The Hall–Kier alpha value is -1.61. The van der Waals surface area contributed by atoms with E-state index in [0.29, 0.717) is 23.6 Å². The lowest BCUT2D eigenvalue weighted by molar-refractivity contribution is -0.0512. The lowest BCUT2D eigenvalue weighted by Gasteiger charge is -2.12. The minimum absolute atomic E-state index is 0.0364. The number of amides is 1.